The van der Waals surface area contributed by atoms with E-state index in [4.69, 9.17) is 10.9 Å². The van der Waals surface area contributed by atoms with Crippen molar-refractivity contribution < 1.29 is 9.90 Å². The van der Waals surface area contributed by atoms with Crippen molar-refractivity contribution >= 4 is 11.7 Å². The molecule has 0 amide bonds. The smallest absolute Gasteiger partial charge is 0.306 e. The summed E-state index contributed by atoms with van der Waals surface area (Å²) in [5.74, 6) is 4.01. The molecule has 3 N–H and O–H groups in total. The fraction of sp³-hybridized carbons (Fsp3) is 0.667. The molecule has 1 saturated carbocycles. The van der Waals surface area contributed by atoms with Crippen LogP contribution in [0.2, 0.25) is 0 Å². The van der Waals surface area contributed by atoms with Crippen LogP contribution in [0.4, 0.5) is 0 Å². The second-order valence-corrected chi connectivity index (χ2v) is 2.47. The number of rotatable bonds is 1. The van der Waals surface area contributed by atoms with E-state index in [-0.39, 0.29) is 5.92 Å². The van der Waals surface area contributed by atoms with Gasteiger partial charge in [-0.05, 0) is 12.8 Å². The van der Waals surface area contributed by atoms with Crippen molar-refractivity contribution in [3.05, 3.63) is 0 Å². The van der Waals surface area contributed by atoms with Gasteiger partial charge in [-0.1, -0.05) is 0 Å². The summed E-state index contributed by atoms with van der Waals surface area (Å²) in [5.41, 5.74) is 0.826. The number of hydrogen-bond acceptors (Lipinski definition) is 3. The molecule has 0 aromatic carbocycles. The first-order chi connectivity index (χ1) is 4.74. The van der Waals surface area contributed by atoms with E-state index in [1.54, 1.807) is 0 Å². The zero-order valence-corrected chi connectivity index (χ0v) is 5.58. The third-order valence-corrected chi connectivity index (χ3v) is 1.80. The molecule has 4 heteroatoms. The van der Waals surface area contributed by atoms with Crippen molar-refractivity contribution in [1.82, 2.24) is 0 Å². The van der Waals surface area contributed by atoms with Gasteiger partial charge in [0, 0.05) is 12.1 Å². The molecule has 56 valence electrons. The quantitative estimate of drug-likeness (QED) is 0.405. The lowest BCUT2D eigenvalue weighted by molar-refractivity contribution is -0.141. The number of hydrazone groups is 1. The Morgan fingerprint density at radius 3 is 2.80 bits per heavy atom. The molecule has 1 rings (SSSR count). The number of carboxylic acids is 1. The molecule has 0 aromatic rings. The van der Waals surface area contributed by atoms with Crippen molar-refractivity contribution in [2.75, 3.05) is 0 Å². The highest BCUT2D eigenvalue weighted by Crippen LogP contribution is 2.22. The van der Waals surface area contributed by atoms with Crippen molar-refractivity contribution in [2.45, 2.75) is 19.3 Å². The molecule has 0 aromatic heterocycles. The monoisotopic (exact) mass is 142 g/mol. The van der Waals surface area contributed by atoms with Gasteiger partial charge >= 0.3 is 5.97 Å². The van der Waals surface area contributed by atoms with Gasteiger partial charge in [-0.3, -0.25) is 4.79 Å². The van der Waals surface area contributed by atoms with Crippen LogP contribution in [-0.2, 0) is 4.79 Å². The summed E-state index contributed by atoms with van der Waals surface area (Å²) in [6.07, 6.45) is 1.96. The normalized spacial score (nSPS) is 29.2. The van der Waals surface area contributed by atoms with E-state index in [1.807, 2.05) is 0 Å². The van der Waals surface area contributed by atoms with Gasteiger partial charge in [0.15, 0.2) is 0 Å². The first kappa shape index (κ1) is 7.05. The van der Waals surface area contributed by atoms with Gasteiger partial charge < -0.3 is 10.9 Å². The van der Waals surface area contributed by atoms with Crippen molar-refractivity contribution in [3.8, 4) is 0 Å². The average molecular weight is 142 g/mol. The minimum atomic E-state index is -0.737. The zero-order valence-electron chi connectivity index (χ0n) is 5.58. The Kier molecular flexibility index (Phi) is 1.89. The third-order valence-electron chi connectivity index (χ3n) is 1.80. The Morgan fingerprint density at radius 2 is 2.50 bits per heavy atom. The van der Waals surface area contributed by atoms with Gasteiger partial charge in [0.1, 0.15) is 0 Å². The van der Waals surface area contributed by atoms with Crippen LogP contribution >= 0.6 is 0 Å². The minimum Gasteiger partial charge on any atom is -0.481 e. The molecule has 0 unspecified atom stereocenters. The minimum absolute atomic E-state index is 0.248. The SMILES string of the molecule is N/N=C1/CC[C@@H](C(=O)O)C1. The van der Waals surface area contributed by atoms with Crippen molar-refractivity contribution in [3.63, 3.8) is 0 Å². The molecule has 1 aliphatic rings. The summed E-state index contributed by atoms with van der Waals surface area (Å²) in [7, 11) is 0. The Bertz CT molecular complexity index is 177. The highest BCUT2D eigenvalue weighted by atomic mass is 16.4. The zero-order chi connectivity index (χ0) is 7.56. The van der Waals surface area contributed by atoms with Gasteiger partial charge in [0.25, 0.3) is 0 Å². The lowest BCUT2D eigenvalue weighted by atomic mass is 10.1. The highest BCUT2D eigenvalue weighted by molar-refractivity contribution is 5.91. The summed E-state index contributed by atoms with van der Waals surface area (Å²) in [5, 5.41) is 12.0. The van der Waals surface area contributed by atoms with Gasteiger partial charge in [0.2, 0.25) is 0 Å². The molecule has 10 heavy (non-hydrogen) atoms. The summed E-state index contributed by atoms with van der Waals surface area (Å²) < 4.78 is 0. The second-order valence-electron chi connectivity index (χ2n) is 2.47. The number of nitrogens with two attached hydrogens (primary N) is 1. The van der Waals surface area contributed by atoms with Gasteiger partial charge in [-0.2, -0.15) is 5.10 Å². The molecule has 0 spiro atoms. The Hall–Kier alpha value is -1.06. The van der Waals surface area contributed by atoms with Crippen LogP contribution in [0, 0.1) is 5.92 Å². The molecule has 0 aliphatic heterocycles. The van der Waals surface area contributed by atoms with E-state index < -0.39 is 5.97 Å². The van der Waals surface area contributed by atoms with Crippen LogP contribution in [0.5, 0.6) is 0 Å². The summed E-state index contributed by atoms with van der Waals surface area (Å²) in [6.45, 7) is 0. The maximum absolute atomic E-state index is 10.4. The predicted molar refractivity (Wildman–Crippen MR) is 36.6 cm³/mol. The number of carboxylic acid groups (broad SMARTS) is 1. The summed E-state index contributed by atoms with van der Waals surface area (Å²) in [6, 6.07) is 0. The molecule has 0 saturated heterocycles. The Morgan fingerprint density at radius 1 is 1.80 bits per heavy atom. The molecule has 1 aliphatic carbocycles. The number of nitrogens with zero attached hydrogens (tertiary/aromatic N) is 1. The van der Waals surface area contributed by atoms with Crippen molar-refractivity contribution in [2.24, 2.45) is 16.9 Å². The van der Waals surface area contributed by atoms with E-state index in [9.17, 15) is 4.79 Å². The van der Waals surface area contributed by atoms with E-state index in [0.29, 0.717) is 12.8 Å². The maximum Gasteiger partial charge on any atom is 0.306 e. The van der Waals surface area contributed by atoms with Gasteiger partial charge in [-0.25, -0.2) is 0 Å². The van der Waals surface area contributed by atoms with Crippen LogP contribution in [0.15, 0.2) is 5.10 Å². The molecule has 1 fully saturated rings. The van der Waals surface area contributed by atoms with Crippen LogP contribution in [0.3, 0.4) is 0 Å². The Balaban J connectivity index is 2.51. The van der Waals surface area contributed by atoms with E-state index in [0.717, 1.165) is 12.1 Å². The third kappa shape index (κ3) is 1.26. The van der Waals surface area contributed by atoms with Crippen LogP contribution in [0.25, 0.3) is 0 Å². The van der Waals surface area contributed by atoms with Crippen LogP contribution < -0.4 is 5.84 Å². The van der Waals surface area contributed by atoms with Gasteiger partial charge in [-0.15, -0.1) is 0 Å². The number of aliphatic carboxylic acids is 1. The second kappa shape index (κ2) is 2.68. The first-order valence-electron chi connectivity index (χ1n) is 3.22. The lowest BCUT2D eigenvalue weighted by Gasteiger charge is -1.97. The Labute approximate surface area is 58.7 Å². The molecular formula is C6H10N2O2. The van der Waals surface area contributed by atoms with E-state index in [2.05, 4.69) is 5.10 Å². The summed E-state index contributed by atoms with van der Waals surface area (Å²) in [4.78, 5) is 10.4. The lowest BCUT2D eigenvalue weighted by Crippen LogP contribution is -2.09. The largest absolute Gasteiger partial charge is 0.481 e. The van der Waals surface area contributed by atoms with E-state index in [1.165, 1.54) is 0 Å². The standard InChI is InChI=1S/C6H10N2O2/c7-8-5-2-1-4(3-5)6(9)10/h4H,1-3,7H2,(H,9,10)/b8-5-/t4-/m1/s1. The fourth-order valence-corrected chi connectivity index (χ4v) is 1.16. The molecule has 0 radical (unpaired) electrons. The fourth-order valence-electron chi connectivity index (χ4n) is 1.16. The molecule has 0 bridgehead atoms. The number of carbonyl (C=O) groups is 1. The topological polar surface area (TPSA) is 75.7 Å². The molecule has 1 atom stereocenters. The average Bonchev–Trinajstić information content (AvgIpc) is 2.34. The molecule has 0 heterocycles. The van der Waals surface area contributed by atoms with E-state index >= 15 is 0 Å². The number of hydrogen-bond donors (Lipinski definition) is 2. The predicted octanol–water partition coefficient (Wildman–Crippen LogP) is 0.186. The van der Waals surface area contributed by atoms with Crippen LogP contribution in [0.1, 0.15) is 19.3 Å². The van der Waals surface area contributed by atoms with Gasteiger partial charge in [0.05, 0.1) is 5.92 Å². The van der Waals surface area contributed by atoms with Crippen molar-refractivity contribution in [1.29, 1.82) is 0 Å². The van der Waals surface area contributed by atoms with Crippen LogP contribution in [-0.4, -0.2) is 16.8 Å². The maximum atomic E-state index is 10.4. The first-order valence-corrected chi connectivity index (χ1v) is 3.22. The summed E-state index contributed by atoms with van der Waals surface area (Å²) >= 11 is 0. The highest BCUT2D eigenvalue weighted by Gasteiger charge is 2.26. The molecule has 4 nitrogen and oxygen atoms in total. The molecular weight excluding hydrogens is 132 g/mol.